The minimum absolute atomic E-state index is 0.372. The molecule has 5 heteroatoms. The molecule has 0 saturated heterocycles. The van der Waals surface area contributed by atoms with E-state index < -0.39 is 0 Å². The van der Waals surface area contributed by atoms with E-state index in [-0.39, 0.29) is 0 Å². The number of halogens is 1. The Kier molecular flexibility index (Phi) is 4.48. The van der Waals surface area contributed by atoms with Crippen molar-refractivity contribution >= 4 is 17.3 Å². The predicted molar refractivity (Wildman–Crippen MR) is 78.4 cm³/mol. The van der Waals surface area contributed by atoms with Crippen molar-refractivity contribution in [3.8, 4) is 11.5 Å². The molecule has 20 heavy (non-hydrogen) atoms. The van der Waals surface area contributed by atoms with E-state index in [1.165, 1.54) is 0 Å². The van der Waals surface area contributed by atoms with Gasteiger partial charge in [-0.05, 0) is 24.3 Å². The van der Waals surface area contributed by atoms with Gasteiger partial charge in [0, 0.05) is 11.1 Å². The second-order valence-corrected chi connectivity index (χ2v) is 4.41. The third-order valence-corrected chi connectivity index (χ3v) is 3.22. The van der Waals surface area contributed by atoms with Crippen LogP contribution in [0.2, 0.25) is 5.02 Å². The summed E-state index contributed by atoms with van der Waals surface area (Å²) in [6.07, 6.45) is 0. The lowest BCUT2D eigenvalue weighted by Crippen LogP contribution is -2.05. The first-order valence-electron chi connectivity index (χ1n) is 5.90. The normalized spacial score (nSPS) is 11.2. The van der Waals surface area contributed by atoms with Crippen LogP contribution in [-0.2, 0) is 0 Å². The topological polar surface area (TPSA) is 51.0 Å². The Morgan fingerprint density at radius 3 is 2.35 bits per heavy atom. The van der Waals surface area contributed by atoms with Crippen molar-refractivity contribution < 1.29 is 14.7 Å². The monoisotopic (exact) mass is 291 g/mol. The number of ether oxygens (including phenoxy) is 2. The highest BCUT2D eigenvalue weighted by Crippen LogP contribution is 2.29. The summed E-state index contributed by atoms with van der Waals surface area (Å²) in [6, 6.07) is 12.4. The molecule has 0 fully saturated rings. The quantitative estimate of drug-likeness (QED) is 0.532. The molecular weight excluding hydrogens is 278 g/mol. The number of hydrogen-bond donors (Lipinski definition) is 1. The first-order valence-corrected chi connectivity index (χ1v) is 6.28. The zero-order valence-corrected chi connectivity index (χ0v) is 11.9. The van der Waals surface area contributed by atoms with Crippen LogP contribution in [0.4, 0.5) is 0 Å². The van der Waals surface area contributed by atoms with Gasteiger partial charge in [0.25, 0.3) is 0 Å². The summed E-state index contributed by atoms with van der Waals surface area (Å²) >= 11 is 6.13. The van der Waals surface area contributed by atoms with Crippen molar-refractivity contribution in [3.05, 3.63) is 58.6 Å². The van der Waals surface area contributed by atoms with Crippen LogP contribution in [0.15, 0.2) is 47.6 Å². The van der Waals surface area contributed by atoms with Gasteiger partial charge in [-0.25, -0.2) is 0 Å². The molecule has 0 amide bonds. The van der Waals surface area contributed by atoms with Crippen LogP contribution in [-0.4, -0.2) is 25.1 Å². The van der Waals surface area contributed by atoms with Gasteiger partial charge >= 0.3 is 0 Å². The second-order valence-electron chi connectivity index (χ2n) is 4.00. The SMILES string of the molecule is COc1ccc(C(=NO)c2ccccc2Cl)cc1OC. The van der Waals surface area contributed by atoms with Gasteiger partial charge < -0.3 is 14.7 Å². The van der Waals surface area contributed by atoms with Gasteiger partial charge in [0.05, 0.1) is 19.2 Å². The Hall–Kier alpha value is -2.20. The molecule has 0 spiro atoms. The largest absolute Gasteiger partial charge is 0.493 e. The Morgan fingerprint density at radius 1 is 1.05 bits per heavy atom. The van der Waals surface area contributed by atoms with Crippen LogP contribution < -0.4 is 9.47 Å². The first kappa shape index (κ1) is 14.2. The molecule has 0 atom stereocenters. The van der Waals surface area contributed by atoms with Gasteiger partial charge in [-0.3, -0.25) is 0 Å². The molecule has 2 aromatic rings. The molecular formula is C15H14ClNO3. The van der Waals surface area contributed by atoms with Crippen molar-refractivity contribution in [3.63, 3.8) is 0 Å². The molecule has 0 aromatic heterocycles. The van der Waals surface area contributed by atoms with Gasteiger partial charge in [0.15, 0.2) is 11.5 Å². The molecule has 0 heterocycles. The number of hydrogen-bond acceptors (Lipinski definition) is 4. The second kappa shape index (κ2) is 6.30. The van der Waals surface area contributed by atoms with E-state index in [0.717, 1.165) is 0 Å². The maximum absolute atomic E-state index is 9.30. The molecule has 0 aliphatic carbocycles. The lowest BCUT2D eigenvalue weighted by molar-refractivity contribution is 0.319. The summed E-state index contributed by atoms with van der Waals surface area (Å²) in [5.41, 5.74) is 1.69. The summed E-state index contributed by atoms with van der Waals surface area (Å²) in [5, 5.41) is 13.2. The number of rotatable bonds is 4. The third kappa shape index (κ3) is 2.70. The predicted octanol–water partition coefficient (Wildman–Crippen LogP) is 3.58. The minimum atomic E-state index is 0.372. The fourth-order valence-corrected chi connectivity index (χ4v) is 2.13. The van der Waals surface area contributed by atoms with Crippen LogP contribution in [0.3, 0.4) is 0 Å². The van der Waals surface area contributed by atoms with Crippen molar-refractivity contribution in [1.82, 2.24) is 0 Å². The lowest BCUT2D eigenvalue weighted by Gasteiger charge is -2.11. The number of nitrogens with zero attached hydrogens (tertiary/aromatic N) is 1. The highest BCUT2D eigenvalue weighted by atomic mass is 35.5. The molecule has 1 N–H and O–H groups in total. The number of oxime groups is 1. The Bertz CT molecular complexity index is 641. The van der Waals surface area contributed by atoms with Crippen molar-refractivity contribution in [2.75, 3.05) is 14.2 Å². The molecule has 0 bridgehead atoms. The molecule has 4 nitrogen and oxygen atoms in total. The Morgan fingerprint density at radius 2 is 1.75 bits per heavy atom. The zero-order valence-electron chi connectivity index (χ0n) is 11.1. The highest BCUT2D eigenvalue weighted by Gasteiger charge is 2.14. The highest BCUT2D eigenvalue weighted by molar-refractivity contribution is 6.35. The lowest BCUT2D eigenvalue weighted by atomic mass is 10.0. The maximum Gasteiger partial charge on any atom is 0.161 e. The summed E-state index contributed by atoms with van der Waals surface area (Å²) in [7, 11) is 3.11. The summed E-state index contributed by atoms with van der Waals surface area (Å²) in [4.78, 5) is 0. The van der Waals surface area contributed by atoms with Gasteiger partial charge in [-0.2, -0.15) is 0 Å². The molecule has 104 valence electrons. The van der Waals surface area contributed by atoms with E-state index in [0.29, 0.717) is 33.4 Å². The summed E-state index contributed by atoms with van der Waals surface area (Å²) < 4.78 is 10.4. The average molecular weight is 292 g/mol. The molecule has 0 radical (unpaired) electrons. The van der Waals surface area contributed by atoms with E-state index >= 15 is 0 Å². The molecule has 2 rings (SSSR count). The smallest absolute Gasteiger partial charge is 0.161 e. The van der Waals surface area contributed by atoms with E-state index in [9.17, 15) is 5.21 Å². The van der Waals surface area contributed by atoms with E-state index in [1.807, 2.05) is 12.1 Å². The van der Waals surface area contributed by atoms with Crippen LogP contribution in [0.5, 0.6) is 11.5 Å². The third-order valence-electron chi connectivity index (χ3n) is 2.89. The molecule has 0 saturated carbocycles. The van der Waals surface area contributed by atoms with Crippen molar-refractivity contribution in [2.45, 2.75) is 0 Å². The molecule has 0 aliphatic rings. The molecule has 0 aliphatic heterocycles. The average Bonchev–Trinajstić information content (AvgIpc) is 2.49. The molecule has 2 aromatic carbocycles. The van der Waals surface area contributed by atoms with E-state index in [1.54, 1.807) is 44.6 Å². The molecule has 0 unspecified atom stereocenters. The first-order chi connectivity index (χ1) is 9.71. The van der Waals surface area contributed by atoms with Crippen molar-refractivity contribution in [2.24, 2.45) is 5.16 Å². The van der Waals surface area contributed by atoms with Gasteiger partial charge in [0.2, 0.25) is 0 Å². The fraction of sp³-hybridized carbons (Fsp3) is 0.133. The standard InChI is InChI=1S/C15H14ClNO3/c1-19-13-8-7-10(9-14(13)20-2)15(17-18)11-5-3-4-6-12(11)16/h3-9,18H,1-2H3. The zero-order chi connectivity index (χ0) is 14.5. The van der Waals surface area contributed by atoms with Crippen LogP contribution in [0.1, 0.15) is 11.1 Å². The van der Waals surface area contributed by atoms with Gasteiger partial charge in [-0.1, -0.05) is 35.0 Å². The van der Waals surface area contributed by atoms with E-state index in [4.69, 9.17) is 21.1 Å². The minimum Gasteiger partial charge on any atom is -0.493 e. The van der Waals surface area contributed by atoms with Crippen LogP contribution in [0.25, 0.3) is 0 Å². The van der Waals surface area contributed by atoms with Gasteiger partial charge in [-0.15, -0.1) is 0 Å². The number of benzene rings is 2. The number of methoxy groups -OCH3 is 2. The van der Waals surface area contributed by atoms with Crippen LogP contribution in [0, 0.1) is 0 Å². The van der Waals surface area contributed by atoms with Crippen LogP contribution >= 0.6 is 11.6 Å². The van der Waals surface area contributed by atoms with Gasteiger partial charge in [0.1, 0.15) is 5.71 Å². The Labute approximate surface area is 122 Å². The fourth-order valence-electron chi connectivity index (χ4n) is 1.90. The van der Waals surface area contributed by atoms with Crippen molar-refractivity contribution in [1.29, 1.82) is 0 Å². The van der Waals surface area contributed by atoms with E-state index in [2.05, 4.69) is 5.16 Å². The summed E-state index contributed by atoms with van der Waals surface area (Å²) in [5.74, 6) is 1.16. The maximum atomic E-state index is 9.30. The summed E-state index contributed by atoms with van der Waals surface area (Å²) in [6.45, 7) is 0. The Balaban J connectivity index is 2.51.